The Bertz CT molecular complexity index is 628. The first kappa shape index (κ1) is 12.7. The molecule has 3 rings (SSSR count). The summed E-state index contributed by atoms with van der Waals surface area (Å²) in [5.41, 5.74) is 0.669. The van der Waals surface area contributed by atoms with Crippen molar-refractivity contribution in [1.82, 2.24) is 4.90 Å². The minimum Gasteiger partial charge on any atom is -0.481 e. The van der Waals surface area contributed by atoms with Gasteiger partial charge in [-0.15, -0.1) is 0 Å². The van der Waals surface area contributed by atoms with Crippen molar-refractivity contribution in [1.29, 1.82) is 0 Å². The zero-order chi connectivity index (χ0) is 14.1. The second-order valence-corrected chi connectivity index (χ2v) is 5.08. The van der Waals surface area contributed by atoms with E-state index in [1.807, 2.05) is 24.3 Å². The van der Waals surface area contributed by atoms with Crippen LogP contribution in [0.15, 0.2) is 34.7 Å². The number of benzene rings is 1. The monoisotopic (exact) mass is 273 g/mol. The topological polar surface area (TPSA) is 70.8 Å². The van der Waals surface area contributed by atoms with E-state index in [9.17, 15) is 9.59 Å². The number of hydrogen-bond donors (Lipinski definition) is 1. The van der Waals surface area contributed by atoms with Crippen LogP contribution in [0.4, 0.5) is 0 Å². The molecule has 1 aliphatic rings. The Kier molecular flexibility index (Phi) is 3.18. The average molecular weight is 273 g/mol. The summed E-state index contributed by atoms with van der Waals surface area (Å²) in [6.45, 7) is 0.838. The van der Waals surface area contributed by atoms with Crippen molar-refractivity contribution in [2.45, 2.75) is 12.8 Å². The predicted octanol–water partition coefficient (Wildman–Crippen LogP) is 2.37. The molecule has 1 aromatic heterocycles. The van der Waals surface area contributed by atoms with Gasteiger partial charge in [-0.3, -0.25) is 9.59 Å². The first-order valence-electron chi connectivity index (χ1n) is 6.66. The quantitative estimate of drug-likeness (QED) is 0.911. The fourth-order valence-corrected chi connectivity index (χ4v) is 2.61. The zero-order valence-corrected chi connectivity index (χ0v) is 10.9. The second-order valence-electron chi connectivity index (χ2n) is 5.08. The van der Waals surface area contributed by atoms with E-state index in [1.54, 1.807) is 11.0 Å². The Labute approximate surface area is 115 Å². The largest absolute Gasteiger partial charge is 0.481 e. The van der Waals surface area contributed by atoms with Gasteiger partial charge in [-0.2, -0.15) is 0 Å². The van der Waals surface area contributed by atoms with E-state index < -0.39 is 11.9 Å². The molecule has 1 aliphatic heterocycles. The van der Waals surface area contributed by atoms with Crippen LogP contribution in [0, 0.1) is 5.92 Å². The normalized spacial score (nSPS) is 19.2. The van der Waals surface area contributed by atoms with Crippen molar-refractivity contribution in [2.75, 3.05) is 13.1 Å². The van der Waals surface area contributed by atoms with Gasteiger partial charge in [0.1, 0.15) is 5.58 Å². The predicted molar refractivity (Wildman–Crippen MR) is 72.5 cm³/mol. The lowest BCUT2D eigenvalue weighted by molar-refractivity contribution is -0.143. The van der Waals surface area contributed by atoms with Crippen molar-refractivity contribution in [3.05, 3.63) is 36.1 Å². The van der Waals surface area contributed by atoms with Gasteiger partial charge in [0.05, 0.1) is 5.92 Å². The Morgan fingerprint density at radius 1 is 1.30 bits per heavy atom. The molecule has 104 valence electrons. The number of rotatable bonds is 2. The van der Waals surface area contributed by atoms with Gasteiger partial charge < -0.3 is 14.4 Å². The summed E-state index contributed by atoms with van der Waals surface area (Å²) in [5, 5.41) is 9.94. The molecule has 0 saturated carbocycles. The van der Waals surface area contributed by atoms with Crippen molar-refractivity contribution in [3.63, 3.8) is 0 Å². The minimum absolute atomic E-state index is 0.229. The molecule has 1 fully saturated rings. The number of hydrogen-bond acceptors (Lipinski definition) is 3. The van der Waals surface area contributed by atoms with Crippen LogP contribution in [0.3, 0.4) is 0 Å². The van der Waals surface area contributed by atoms with Gasteiger partial charge in [-0.25, -0.2) is 0 Å². The van der Waals surface area contributed by atoms with E-state index in [0.717, 1.165) is 5.39 Å². The number of furan rings is 1. The van der Waals surface area contributed by atoms with Gasteiger partial charge in [0, 0.05) is 18.5 Å². The Morgan fingerprint density at radius 3 is 2.85 bits per heavy atom. The highest BCUT2D eigenvalue weighted by molar-refractivity contribution is 5.96. The lowest BCUT2D eigenvalue weighted by Gasteiger charge is -2.29. The van der Waals surface area contributed by atoms with E-state index in [2.05, 4.69) is 0 Å². The number of fused-ring (bicyclic) bond motifs is 1. The number of carboxylic acid groups (broad SMARTS) is 1. The Hall–Kier alpha value is -2.30. The van der Waals surface area contributed by atoms with Crippen LogP contribution in [0.1, 0.15) is 23.4 Å². The van der Waals surface area contributed by atoms with E-state index in [-0.39, 0.29) is 18.2 Å². The summed E-state index contributed by atoms with van der Waals surface area (Å²) in [6, 6.07) is 9.13. The molecular formula is C15H15NO4. The third-order valence-electron chi connectivity index (χ3n) is 3.69. The number of nitrogens with zero attached hydrogens (tertiary/aromatic N) is 1. The molecule has 1 aromatic carbocycles. The van der Waals surface area contributed by atoms with Crippen molar-refractivity contribution in [3.8, 4) is 0 Å². The maximum atomic E-state index is 12.4. The fourth-order valence-electron chi connectivity index (χ4n) is 2.61. The minimum atomic E-state index is -0.841. The van der Waals surface area contributed by atoms with E-state index >= 15 is 0 Å². The van der Waals surface area contributed by atoms with E-state index in [0.29, 0.717) is 25.0 Å². The van der Waals surface area contributed by atoms with Gasteiger partial charge in [-0.05, 0) is 25.0 Å². The van der Waals surface area contributed by atoms with Gasteiger partial charge >= 0.3 is 5.97 Å². The lowest BCUT2D eigenvalue weighted by atomic mass is 9.98. The van der Waals surface area contributed by atoms with Gasteiger partial charge in [0.25, 0.3) is 5.91 Å². The molecule has 1 amide bonds. The van der Waals surface area contributed by atoms with Gasteiger partial charge in [-0.1, -0.05) is 18.2 Å². The van der Waals surface area contributed by atoms with E-state index in [1.165, 1.54) is 0 Å². The number of piperidine rings is 1. The smallest absolute Gasteiger partial charge is 0.308 e. The SMILES string of the molecule is O=C(O)[C@H]1CCCN(C(=O)c2cc3ccccc3o2)C1. The molecule has 0 unspecified atom stereocenters. The number of aliphatic carboxylic acids is 1. The molecule has 1 N–H and O–H groups in total. The molecule has 0 radical (unpaired) electrons. The standard InChI is InChI=1S/C15H15NO4/c17-14(16-7-3-5-11(9-16)15(18)19)13-8-10-4-1-2-6-12(10)20-13/h1-2,4,6,8,11H,3,5,7,9H2,(H,18,19)/t11-/m0/s1. The first-order chi connectivity index (χ1) is 9.65. The molecule has 2 heterocycles. The molecule has 0 aliphatic carbocycles. The average Bonchev–Trinajstić information content (AvgIpc) is 2.90. The third-order valence-corrected chi connectivity index (χ3v) is 3.69. The highest BCUT2D eigenvalue weighted by Crippen LogP contribution is 2.23. The van der Waals surface area contributed by atoms with Gasteiger partial charge in [0.2, 0.25) is 0 Å². The van der Waals surface area contributed by atoms with Gasteiger partial charge in [0.15, 0.2) is 5.76 Å². The van der Waals surface area contributed by atoms with Crippen LogP contribution >= 0.6 is 0 Å². The van der Waals surface area contributed by atoms with E-state index in [4.69, 9.17) is 9.52 Å². The summed E-state index contributed by atoms with van der Waals surface area (Å²) >= 11 is 0. The molecule has 1 atom stereocenters. The Morgan fingerprint density at radius 2 is 2.10 bits per heavy atom. The van der Waals surface area contributed by atoms with Crippen molar-refractivity contribution in [2.24, 2.45) is 5.92 Å². The molecule has 20 heavy (non-hydrogen) atoms. The summed E-state index contributed by atoms with van der Waals surface area (Å²) in [5.74, 6) is -1.27. The van der Waals surface area contributed by atoms with Crippen molar-refractivity contribution >= 4 is 22.8 Å². The second kappa shape index (κ2) is 5.00. The number of carboxylic acids is 1. The third kappa shape index (κ3) is 2.27. The molecular weight excluding hydrogens is 258 g/mol. The fraction of sp³-hybridized carbons (Fsp3) is 0.333. The van der Waals surface area contributed by atoms with Crippen LogP contribution in [-0.4, -0.2) is 35.0 Å². The zero-order valence-electron chi connectivity index (χ0n) is 10.9. The maximum absolute atomic E-state index is 12.4. The van der Waals surface area contributed by atoms with Crippen LogP contribution in [0.5, 0.6) is 0 Å². The molecule has 1 saturated heterocycles. The Balaban J connectivity index is 1.82. The number of carbonyl (C=O) groups is 2. The first-order valence-corrected chi connectivity index (χ1v) is 6.66. The van der Waals surface area contributed by atoms with Crippen LogP contribution in [-0.2, 0) is 4.79 Å². The highest BCUT2D eigenvalue weighted by Gasteiger charge is 2.29. The molecule has 5 nitrogen and oxygen atoms in total. The van der Waals surface area contributed by atoms with Crippen LogP contribution < -0.4 is 0 Å². The number of likely N-dealkylation sites (tertiary alicyclic amines) is 1. The summed E-state index contributed by atoms with van der Waals surface area (Å²) in [7, 11) is 0. The molecule has 2 aromatic rings. The molecule has 0 spiro atoms. The summed E-state index contributed by atoms with van der Waals surface area (Å²) in [4.78, 5) is 25.0. The number of amides is 1. The molecule has 0 bridgehead atoms. The number of para-hydroxylation sites is 1. The lowest BCUT2D eigenvalue weighted by Crippen LogP contribution is -2.42. The summed E-state index contributed by atoms with van der Waals surface area (Å²) in [6.07, 6.45) is 1.34. The maximum Gasteiger partial charge on any atom is 0.308 e. The highest BCUT2D eigenvalue weighted by atomic mass is 16.4. The number of carbonyl (C=O) groups excluding carboxylic acids is 1. The van der Waals surface area contributed by atoms with Crippen LogP contribution in [0.25, 0.3) is 11.0 Å². The van der Waals surface area contributed by atoms with Crippen molar-refractivity contribution < 1.29 is 19.1 Å². The molecule has 5 heteroatoms. The summed E-state index contributed by atoms with van der Waals surface area (Å²) < 4.78 is 5.54. The van der Waals surface area contributed by atoms with Crippen LogP contribution in [0.2, 0.25) is 0 Å².